The predicted octanol–water partition coefficient (Wildman–Crippen LogP) is 1.70. The maximum absolute atomic E-state index is 12.5. The van der Waals surface area contributed by atoms with Crippen molar-refractivity contribution >= 4 is 15.8 Å². The Hall–Kier alpha value is -2.19. The van der Waals surface area contributed by atoms with Crippen LogP contribution >= 0.6 is 0 Å². The van der Waals surface area contributed by atoms with E-state index in [0.29, 0.717) is 24.0 Å². The number of aromatic nitrogens is 2. The van der Waals surface area contributed by atoms with E-state index in [1.165, 1.54) is 12.8 Å². The number of fused-ring (bicyclic) bond motifs is 1. The van der Waals surface area contributed by atoms with Gasteiger partial charge in [0.1, 0.15) is 5.75 Å². The lowest BCUT2D eigenvalue weighted by Gasteiger charge is -2.39. The highest BCUT2D eigenvalue weighted by Gasteiger charge is 2.31. The zero-order valence-electron chi connectivity index (χ0n) is 15.0. The second kappa shape index (κ2) is 6.45. The summed E-state index contributed by atoms with van der Waals surface area (Å²) >= 11 is 0. The van der Waals surface area contributed by atoms with Crippen molar-refractivity contribution in [2.45, 2.75) is 30.1 Å². The SMILES string of the molecule is O=S(=O)(NCC1CN(c2ccc(C3CC3)nn2)C1)c1ccc2c(c1)CCO2. The highest BCUT2D eigenvalue weighted by Crippen LogP contribution is 2.39. The average molecular weight is 386 g/mol. The van der Waals surface area contributed by atoms with Gasteiger partial charge in [-0.15, -0.1) is 5.10 Å². The van der Waals surface area contributed by atoms with Crippen molar-refractivity contribution in [3.8, 4) is 5.75 Å². The fourth-order valence-electron chi connectivity index (χ4n) is 3.63. The average Bonchev–Trinajstić information content (AvgIpc) is 3.37. The Morgan fingerprint density at radius 2 is 2.00 bits per heavy atom. The number of nitrogens with one attached hydrogen (secondary N) is 1. The monoisotopic (exact) mass is 386 g/mol. The summed E-state index contributed by atoms with van der Waals surface area (Å²) in [7, 11) is -3.50. The number of anilines is 1. The number of hydrogen-bond donors (Lipinski definition) is 1. The molecule has 1 saturated carbocycles. The summed E-state index contributed by atoms with van der Waals surface area (Å²) in [5, 5.41) is 8.62. The van der Waals surface area contributed by atoms with Crippen LogP contribution in [0.2, 0.25) is 0 Å². The van der Waals surface area contributed by atoms with Gasteiger partial charge in [0.2, 0.25) is 10.0 Å². The highest BCUT2D eigenvalue weighted by atomic mass is 32.2. The number of rotatable bonds is 6. The van der Waals surface area contributed by atoms with Gasteiger partial charge < -0.3 is 9.64 Å². The largest absolute Gasteiger partial charge is 0.493 e. The molecule has 7 nitrogen and oxygen atoms in total. The molecule has 27 heavy (non-hydrogen) atoms. The van der Waals surface area contributed by atoms with Gasteiger partial charge in [0.25, 0.3) is 0 Å². The number of hydrogen-bond acceptors (Lipinski definition) is 6. The van der Waals surface area contributed by atoms with Crippen molar-refractivity contribution in [2.75, 3.05) is 31.1 Å². The van der Waals surface area contributed by atoms with Crippen LogP contribution < -0.4 is 14.4 Å². The molecule has 1 aromatic carbocycles. The molecule has 0 radical (unpaired) electrons. The summed E-state index contributed by atoms with van der Waals surface area (Å²) in [6.07, 6.45) is 3.20. The molecule has 3 heterocycles. The first-order valence-electron chi connectivity index (χ1n) is 9.42. The van der Waals surface area contributed by atoms with Crippen molar-refractivity contribution in [1.82, 2.24) is 14.9 Å². The minimum Gasteiger partial charge on any atom is -0.493 e. The Morgan fingerprint density at radius 3 is 2.74 bits per heavy atom. The van der Waals surface area contributed by atoms with E-state index in [9.17, 15) is 8.42 Å². The third-order valence-corrected chi connectivity index (χ3v) is 6.90. The number of sulfonamides is 1. The maximum Gasteiger partial charge on any atom is 0.240 e. The molecule has 0 amide bonds. The lowest BCUT2D eigenvalue weighted by molar-refractivity contribution is 0.356. The molecule has 2 aromatic rings. The van der Waals surface area contributed by atoms with Crippen molar-refractivity contribution in [3.05, 3.63) is 41.6 Å². The Balaban J connectivity index is 1.15. The second-order valence-electron chi connectivity index (χ2n) is 7.58. The summed E-state index contributed by atoms with van der Waals surface area (Å²) in [6, 6.07) is 9.15. The normalized spacial score (nSPS) is 19.5. The Kier molecular flexibility index (Phi) is 4.05. The summed E-state index contributed by atoms with van der Waals surface area (Å²) in [6.45, 7) is 2.63. The van der Waals surface area contributed by atoms with Gasteiger partial charge in [0, 0.05) is 37.9 Å². The molecule has 1 saturated heterocycles. The van der Waals surface area contributed by atoms with Gasteiger partial charge in [-0.1, -0.05) is 0 Å². The molecule has 0 atom stereocenters. The maximum atomic E-state index is 12.5. The predicted molar refractivity (Wildman–Crippen MR) is 101 cm³/mol. The van der Waals surface area contributed by atoms with E-state index in [1.54, 1.807) is 18.2 Å². The minimum absolute atomic E-state index is 0.280. The molecule has 0 unspecified atom stereocenters. The third kappa shape index (κ3) is 3.39. The quantitative estimate of drug-likeness (QED) is 0.814. The molecule has 0 spiro atoms. The van der Waals surface area contributed by atoms with Crippen molar-refractivity contribution in [2.24, 2.45) is 5.92 Å². The molecular weight excluding hydrogens is 364 g/mol. The van der Waals surface area contributed by atoms with Crippen molar-refractivity contribution in [1.29, 1.82) is 0 Å². The van der Waals surface area contributed by atoms with Gasteiger partial charge in [-0.2, -0.15) is 5.10 Å². The minimum atomic E-state index is -3.50. The third-order valence-electron chi connectivity index (χ3n) is 5.48. The molecule has 142 valence electrons. The fraction of sp³-hybridized carbons (Fsp3) is 0.474. The number of nitrogens with zero attached hydrogens (tertiary/aromatic N) is 3. The summed E-state index contributed by atoms with van der Waals surface area (Å²) in [5.74, 6) is 2.55. The highest BCUT2D eigenvalue weighted by molar-refractivity contribution is 7.89. The van der Waals surface area contributed by atoms with E-state index in [-0.39, 0.29) is 5.92 Å². The van der Waals surface area contributed by atoms with Crippen LogP contribution in [-0.4, -0.2) is 44.9 Å². The molecular formula is C19H22N4O3S. The van der Waals surface area contributed by atoms with Gasteiger partial charge >= 0.3 is 0 Å². The van der Waals surface area contributed by atoms with Crippen LogP contribution in [0.5, 0.6) is 5.75 Å². The van der Waals surface area contributed by atoms with E-state index >= 15 is 0 Å². The first-order valence-corrected chi connectivity index (χ1v) is 10.9. The molecule has 1 aromatic heterocycles. The molecule has 8 heteroatoms. The van der Waals surface area contributed by atoms with Crippen LogP contribution in [0.4, 0.5) is 5.82 Å². The fourth-order valence-corrected chi connectivity index (χ4v) is 4.79. The van der Waals surface area contributed by atoms with Crippen LogP contribution in [-0.2, 0) is 16.4 Å². The van der Waals surface area contributed by atoms with Gasteiger partial charge in [0.15, 0.2) is 5.82 Å². The molecule has 3 aliphatic rings. The van der Waals surface area contributed by atoms with Crippen molar-refractivity contribution < 1.29 is 13.2 Å². The van der Waals surface area contributed by atoms with Crippen LogP contribution in [0.1, 0.15) is 30.0 Å². The number of benzene rings is 1. The lowest BCUT2D eigenvalue weighted by atomic mass is 10.0. The zero-order chi connectivity index (χ0) is 18.4. The van der Waals surface area contributed by atoms with E-state index in [4.69, 9.17) is 4.74 Å². The van der Waals surface area contributed by atoms with Crippen molar-refractivity contribution in [3.63, 3.8) is 0 Å². The van der Waals surface area contributed by atoms with Crippen LogP contribution in [0, 0.1) is 5.92 Å². The molecule has 1 aliphatic carbocycles. The first kappa shape index (κ1) is 16.9. The topological polar surface area (TPSA) is 84.4 Å². The van der Waals surface area contributed by atoms with Crippen LogP contribution in [0.25, 0.3) is 0 Å². The summed E-state index contributed by atoms with van der Waals surface area (Å²) < 4.78 is 33.3. The van der Waals surface area contributed by atoms with E-state index in [0.717, 1.165) is 42.3 Å². The molecule has 2 fully saturated rings. The van der Waals surface area contributed by atoms with Gasteiger partial charge in [0.05, 0.1) is 17.2 Å². The zero-order valence-corrected chi connectivity index (χ0v) is 15.8. The Bertz CT molecular complexity index is 951. The molecule has 5 rings (SSSR count). The van der Waals surface area contributed by atoms with Crippen LogP contribution in [0.3, 0.4) is 0 Å². The van der Waals surface area contributed by atoms with E-state index < -0.39 is 10.0 Å². The van der Waals surface area contributed by atoms with Gasteiger partial charge in [-0.25, -0.2) is 13.1 Å². The second-order valence-corrected chi connectivity index (χ2v) is 9.35. The smallest absolute Gasteiger partial charge is 0.240 e. The van der Waals surface area contributed by atoms with Gasteiger partial charge in [-0.05, 0) is 48.7 Å². The Morgan fingerprint density at radius 1 is 1.15 bits per heavy atom. The van der Waals surface area contributed by atoms with Gasteiger partial charge in [-0.3, -0.25) is 0 Å². The first-order chi connectivity index (χ1) is 13.1. The van der Waals surface area contributed by atoms with E-state index in [2.05, 4.69) is 25.9 Å². The molecule has 1 N–H and O–H groups in total. The summed E-state index contributed by atoms with van der Waals surface area (Å²) in [5.41, 5.74) is 2.05. The molecule has 0 bridgehead atoms. The standard InChI is InChI=1S/C19H22N4O3S/c24-27(25,16-3-5-18-15(9-16)7-8-26-18)20-10-13-11-23(12-13)19-6-4-17(21-22-19)14-1-2-14/h3-6,9,13-14,20H,1-2,7-8,10-12H2. The molecule has 2 aliphatic heterocycles. The Labute approximate surface area is 158 Å². The number of ether oxygens (including phenoxy) is 1. The van der Waals surface area contributed by atoms with E-state index in [1.807, 2.05) is 6.07 Å². The van der Waals surface area contributed by atoms with Crippen LogP contribution in [0.15, 0.2) is 35.2 Å². The lowest BCUT2D eigenvalue weighted by Crippen LogP contribution is -2.51. The summed E-state index contributed by atoms with van der Waals surface area (Å²) in [4.78, 5) is 2.44.